The molecule has 1 fully saturated rings. The molecular formula is C19H19N5O2S. The van der Waals surface area contributed by atoms with Crippen molar-refractivity contribution in [2.24, 2.45) is 0 Å². The summed E-state index contributed by atoms with van der Waals surface area (Å²) < 4.78 is 7.92. The fourth-order valence-electron chi connectivity index (χ4n) is 4.01. The normalized spacial score (nSPS) is 18.4. The van der Waals surface area contributed by atoms with E-state index in [0.717, 1.165) is 25.9 Å². The number of rotatable bonds is 2. The molecule has 0 unspecified atom stereocenters. The van der Waals surface area contributed by atoms with Crippen LogP contribution in [0.4, 0.5) is 0 Å². The Bertz CT molecular complexity index is 960. The molecule has 1 saturated heterocycles. The molecule has 138 valence electrons. The molecule has 0 aromatic carbocycles. The van der Waals surface area contributed by atoms with Gasteiger partial charge in [0, 0.05) is 24.4 Å². The zero-order chi connectivity index (χ0) is 18.3. The van der Waals surface area contributed by atoms with Crippen LogP contribution in [0.25, 0.3) is 5.82 Å². The summed E-state index contributed by atoms with van der Waals surface area (Å²) in [7, 11) is 0. The van der Waals surface area contributed by atoms with Gasteiger partial charge in [0.05, 0.1) is 12.2 Å². The van der Waals surface area contributed by atoms with E-state index in [1.807, 2.05) is 28.4 Å². The average Bonchev–Trinajstić information content (AvgIpc) is 3.41. The first-order chi connectivity index (χ1) is 13.3. The largest absolute Gasteiger partial charge is 0.370 e. The zero-order valence-corrected chi connectivity index (χ0v) is 15.6. The highest BCUT2D eigenvalue weighted by molar-refractivity contribution is 7.10. The van der Waals surface area contributed by atoms with E-state index in [4.69, 9.17) is 4.74 Å². The van der Waals surface area contributed by atoms with Crippen LogP contribution in [0.15, 0.2) is 42.3 Å². The van der Waals surface area contributed by atoms with Crippen LogP contribution in [-0.2, 0) is 16.8 Å². The van der Waals surface area contributed by atoms with E-state index in [-0.39, 0.29) is 11.5 Å². The number of carbonyl (C=O) groups excluding carboxylic acids is 1. The van der Waals surface area contributed by atoms with Gasteiger partial charge in [-0.15, -0.1) is 21.5 Å². The third-order valence-electron chi connectivity index (χ3n) is 5.44. The van der Waals surface area contributed by atoms with E-state index in [1.54, 1.807) is 23.3 Å². The first-order valence-electron chi connectivity index (χ1n) is 9.07. The first kappa shape index (κ1) is 16.6. The molecule has 1 spiro atoms. The Morgan fingerprint density at radius 1 is 1.15 bits per heavy atom. The van der Waals surface area contributed by atoms with Crippen LogP contribution in [0.3, 0.4) is 0 Å². The smallest absolute Gasteiger partial charge is 0.272 e. The van der Waals surface area contributed by atoms with Crippen molar-refractivity contribution in [1.29, 1.82) is 0 Å². The third kappa shape index (κ3) is 2.85. The van der Waals surface area contributed by atoms with Gasteiger partial charge in [0.25, 0.3) is 5.91 Å². The second kappa shape index (κ2) is 6.54. The van der Waals surface area contributed by atoms with Gasteiger partial charge in [0.2, 0.25) is 0 Å². The molecule has 0 saturated carbocycles. The lowest BCUT2D eigenvalue weighted by Gasteiger charge is -2.44. The Labute approximate surface area is 160 Å². The monoisotopic (exact) mass is 381 g/mol. The predicted molar refractivity (Wildman–Crippen MR) is 99.9 cm³/mol. The van der Waals surface area contributed by atoms with Crippen LogP contribution in [0.1, 0.15) is 33.8 Å². The summed E-state index contributed by atoms with van der Waals surface area (Å²) in [5, 5.41) is 9.73. The maximum Gasteiger partial charge on any atom is 0.272 e. The molecule has 0 N–H and O–H groups in total. The lowest BCUT2D eigenvalue weighted by Crippen LogP contribution is -2.48. The van der Waals surface area contributed by atoms with Crippen LogP contribution >= 0.6 is 11.3 Å². The van der Waals surface area contributed by atoms with Crippen molar-refractivity contribution in [3.05, 3.63) is 58.4 Å². The predicted octanol–water partition coefficient (Wildman–Crippen LogP) is 2.43. The molecule has 0 aliphatic carbocycles. The SMILES string of the molecule is O=C(c1cccc(-n2cnnc2)n1)N1CCC2(CC1)OCCc1sccc12. The lowest BCUT2D eigenvalue weighted by molar-refractivity contribution is -0.0926. The molecule has 3 aromatic rings. The number of ether oxygens (including phenoxy) is 1. The standard InChI is InChI=1S/C19H19N5O2S/c25-18(15-2-1-3-17(22-15)24-12-20-21-13-24)23-8-6-19(7-9-23)14-5-11-27-16(14)4-10-26-19/h1-3,5,11-13H,4,6-10H2. The molecule has 27 heavy (non-hydrogen) atoms. The van der Waals surface area contributed by atoms with Gasteiger partial charge < -0.3 is 9.64 Å². The van der Waals surface area contributed by atoms with E-state index >= 15 is 0 Å². The highest BCUT2D eigenvalue weighted by atomic mass is 32.1. The summed E-state index contributed by atoms with van der Waals surface area (Å²) in [4.78, 5) is 20.8. The van der Waals surface area contributed by atoms with Gasteiger partial charge >= 0.3 is 0 Å². The molecule has 2 aliphatic rings. The molecule has 0 atom stereocenters. The van der Waals surface area contributed by atoms with Gasteiger partial charge in [-0.1, -0.05) is 6.07 Å². The summed E-state index contributed by atoms with van der Waals surface area (Å²) in [6, 6.07) is 7.62. The topological polar surface area (TPSA) is 73.1 Å². The minimum Gasteiger partial charge on any atom is -0.370 e. The second-order valence-corrected chi connectivity index (χ2v) is 7.89. The number of nitrogens with zero attached hydrogens (tertiary/aromatic N) is 5. The Balaban J connectivity index is 1.33. The van der Waals surface area contributed by atoms with Crippen molar-refractivity contribution in [2.75, 3.05) is 19.7 Å². The number of hydrogen-bond acceptors (Lipinski definition) is 6. The van der Waals surface area contributed by atoms with E-state index in [9.17, 15) is 4.79 Å². The average molecular weight is 381 g/mol. The summed E-state index contributed by atoms with van der Waals surface area (Å²) in [6.07, 6.45) is 5.79. The van der Waals surface area contributed by atoms with Gasteiger partial charge in [0.15, 0.2) is 0 Å². The van der Waals surface area contributed by atoms with Crippen LogP contribution in [0.5, 0.6) is 0 Å². The Morgan fingerprint density at radius 3 is 2.78 bits per heavy atom. The summed E-state index contributed by atoms with van der Waals surface area (Å²) in [5.41, 5.74) is 1.55. The van der Waals surface area contributed by atoms with Crippen molar-refractivity contribution in [2.45, 2.75) is 24.9 Å². The second-order valence-electron chi connectivity index (χ2n) is 6.89. The van der Waals surface area contributed by atoms with E-state index in [2.05, 4.69) is 26.6 Å². The molecule has 5 rings (SSSR count). The van der Waals surface area contributed by atoms with Crippen molar-refractivity contribution in [1.82, 2.24) is 24.6 Å². The van der Waals surface area contributed by atoms with Crippen molar-refractivity contribution in [3.63, 3.8) is 0 Å². The molecule has 0 bridgehead atoms. The first-order valence-corrected chi connectivity index (χ1v) is 9.95. The molecule has 8 heteroatoms. The number of fused-ring (bicyclic) bond motifs is 2. The molecule has 1 amide bonds. The van der Waals surface area contributed by atoms with E-state index in [1.165, 1.54) is 10.4 Å². The number of thiophene rings is 1. The molecule has 3 aromatic heterocycles. The third-order valence-corrected chi connectivity index (χ3v) is 6.42. The fraction of sp³-hybridized carbons (Fsp3) is 0.368. The summed E-state index contributed by atoms with van der Waals surface area (Å²) in [6.45, 7) is 2.11. The van der Waals surface area contributed by atoms with Crippen LogP contribution in [-0.4, -0.2) is 50.3 Å². The zero-order valence-electron chi connectivity index (χ0n) is 14.7. The van der Waals surface area contributed by atoms with Crippen LogP contribution in [0.2, 0.25) is 0 Å². The number of likely N-dealkylation sites (tertiary alicyclic amines) is 1. The molecule has 0 radical (unpaired) electrons. The molecular weight excluding hydrogens is 362 g/mol. The Kier molecular flexibility index (Phi) is 4.02. The maximum absolute atomic E-state index is 13.0. The maximum atomic E-state index is 13.0. The van der Waals surface area contributed by atoms with Gasteiger partial charge in [-0.3, -0.25) is 9.36 Å². The number of pyridine rings is 1. The number of carbonyl (C=O) groups is 1. The van der Waals surface area contributed by atoms with Gasteiger partial charge in [-0.2, -0.15) is 0 Å². The number of aromatic nitrogens is 4. The minimum absolute atomic E-state index is 0.0406. The van der Waals surface area contributed by atoms with Gasteiger partial charge in [0.1, 0.15) is 24.2 Å². The van der Waals surface area contributed by atoms with Gasteiger partial charge in [-0.05, 0) is 42.0 Å². The van der Waals surface area contributed by atoms with Crippen LogP contribution < -0.4 is 0 Å². The lowest BCUT2D eigenvalue weighted by atomic mass is 9.82. The van der Waals surface area contributed by atoms with Crippen LogP contribution in [0, 0.1) is 0 Å². The number of amides is 1. The van der Waals surface area contributed by atoms with Crippen molar-refractivity contribution in [3.8, 4) is 5.82 Å². The molecule has 2 aliphatic heterocycles. The Morgan fingerprint density at radius 2 is 1.96 bits per heavy atom. The number of hydrogen-bond donors (Lipinski definition) is 0. The highest BCUT2D eigenvalue weighted by Gasteiger charge is 2.42. The molecule has 5 heterocycles. The van der Waals surface area contributed by atoms with E-state index in [0.29, 0.717) is 24.6 Å². The highest BCUT2D eigenvalue weighted by Crippen LogP contribution is 2.43. The minimum atomic E-state index is -0.220. The summed E-state index contributed by atoms with van der Waals surface area (Å²) in [5.74, 6) is 0.596. The van der Waals surface area contributed by atoms with Gasteiger partial charge in [-0.25, -0.2) is 4.98 Å². The number of piperidine rings is 1. The fourth-order valence-corrected chi connectivity index (χ4v) is 4.96. The quantitative estimate of drug-likeness (QED) is 0.682. The van der Waals surface area contributed by atoms with E-state index < -0.39 is 0 Å². The summed E-state index contributed by atoms with van der Waals surface area (Å²) >= 11 is 1.81. The van der Waals surface area contributed by atoms with Crippen molar-refractivity contribution < 1.29 is 9.53 Å². The molecule has 7 nitrogen and oxygen atoms in total. The van der Waals surface area contributed by atoms with Crippen molar-refractivity contribution >= 4 is 17.2 Å². The Hall–Kier alpha value is -2.58.